The van der Waals surface area contributed by atoms with Crippen molar-refractivity contribution in [3.63, 3.8) is 0 Å². The fourth-order valence-corrected chi connectivity index (χ4v) is 3.82. The summed E-state index contributed by atoms with van der Waals surface area (Å²) in [5, 5.41) is 0. The van der Waals surface area contributed by atoms with Crippen LogP contribution in [0.15, 0.2) is 24.3 Å². The van der Waals surface area contributed by atoms with Gasteiger partial charge in [0, 0.05) is 30.0 Å². The number of unbranched alkanes of at least 4 members (excludes halogenated alkanes) is 1. The Kier molecular flexibility index (Phi) is 5.98. The molecule has 0 N–H and O–H groups in total. The van der Waals surface area contributed by atoms with Crippen LogP contribution in [0.1, 0.15) is 62.9 Å². The van der Waals surface area contributed by atoms with Gasteiger partial charge in [0.15, 0.2) is 5.54 Å². The molecule has 2 rings (SSSR count). The number of benzene rings is 1. The molecule has 1 aliphatic heterocycles. The van der Waals surface area contributed by atoms with Crippen molar-refractivity contribution in [3.8, 4) is 0 Å². The number of esters is 1. The molecular weight excluding hydrogens is 318 g/mol. The molecule has 1 aromatic rings. The molecule has 25 heavy (non-hydrogen) atoms. The molecule has 1 aliphatic rings. The number of ketones is 1. The summed E-state index contributed by atoms with van der Waals surface area (Å²) in [7, 11) is 0. The average molecular weight is 345 g/mol. The van der Waals surface area contributed by atoms with E-state index >= 15 is 0 Å². The lowest BCUT2D eigenvalue weighted by Crippen LogP contribution is -2.55. The zero-order chi connectivity index (χ0) is 18.6. The molecule has 2 unspecified atom stereocenters. The molecule has 5 heteroatoms. The van der Waals surface area contributed by atoms with Gasteiger partial charge in [-0.15, -0.1) is 0 Å². The number of carbonyl (C=O) groups excluding carboxylic acids is 3. The SMILES string of the molecule is CCCCN1C(=O)c2ccccc2C1(C(=O)OCC)C(C)CC(C)=O. The van der Waals surface area contributed by atoms with E-state index in [2.05, 4.69) is 0 Å². The normalized spacial score (nSPS) is 20.3. The smallest absolute Gasteiger partial charge is 0.337 e. The van der Waals surface area contributed by atoms with Gasteiger partial charge in [0.05, 0.1) is 6.61 Å². The highest BCUT2D eigenvalue weighted by Gasteiger charge is 2.58. The van der Waals surface area contributed by atoms with Crippen LogP contribution in [-0.4, -0.2) is 35.7 Å². The summed E-state index contributed by atoms with van der Waals surface area (Å²) in [5.41, 5.74) is -0.0461. The van der Waals surface area contributed by atoms with Crippen LogP contribution in [0.3, 0.4) is 0 Å². The van der Waals surface area contributed by atoms with Gasteiger partial charge >= 0.3 is 5.97 Å². The topological polar surface area (TPSA) is 63.7 Å². The number of nitrogens with zero attached hydrogens (tertiary/aromatic N) is 1. The summed E-state index contributed by atoms with van der Waals surface area (Å²) in [5.74, 6) is -0.984. The van der Waals surface area contributed by atoms with E-state index in [1.54, 1.807) is 24.0 Å². The Labute approximate surface area is 149 Å². The summed E-state index contributed by atoms with van der Waals surface area (Å²) < 4.78 is 5.40. The molecule has 5 nitrogen and oxygen atoms in total. The molecule has 0 saturated heterocycles. The van der Waals surface area contributed by atoms with E-state index in [-0.39, 0.29) is 30.6 Å². The second-order valence-electron chi connectivity index (χ2n) is 6.65. The third-order valence-electron chi connectivity index (χ3n) is 4.87. The van der Waals surface area contributed by atoms with E-state index in [9.17, 15) is 14.4 Å². The third kappa shape index (κ3) is 3.20. The van der Waals surface area contributed by atoms with E-state index < -0.39 is 11.5 Å². The second kappa shape index (κ2) is 7.81. The molecule has 0 aromatic heterocycles. The van der Waals surface area contributed by atoms with Gasteiger partial charge in [-0.3, -0.25) is 4.79 Å². The van der Waals surface area contributed by atoms with Gasteiger partial charge < -0.3 is 14.4 Å². The summed E-state index contributed by atoms with van der Waals surface area (Å²) in [4.78, 5) is 39.6. The Morgan fingerprint density at radius 2 is 1.92 bits per heavy atom. The van der Waals surface area contributed by atoms with Crippen molar-refractivity contribution in [1.29, 1.82) is 0 Å². The average Bonchev–Trinajstić information content (AvgIpc) is 2.82. The second-order valence-corrected chi connectivity index (χ2v) is 6.65. The minimum atomic E-state index is -1.23. The van der Waals surface area contributed by atoms with Gasteiger partial charge in [0.2, 0.25) is 0 Å². The van der Waals surface area contributed by atoms with Crippen LogP contribution in [0.5, 0.6) is 0 Å². The molecule has 2 atom stereocenters. The fraction of sp³-hybridized carbons (Fsp3) is 0.550. The van der Waals surface area contributed by atoms with Crippen LogP contribution in [0, 0.1) is 5.92 Å². The lowest BCUT2D eigenvalue weighted by Gasteiger charge is -2.41. The van der Waals surface area contributed by atoms with Crippen molar-refractivity contribution in [2.45, 2.75) is 52.5 Å². The van der Waals surface area contributed by atoms with Crippen molar-refractivity contribution >= 4 is 17.7 Å². The van der Waals surface area contributed by atoms with E-state index in [0.29, 0.717) is 17.7 Å². The summed E-state index contributed by atoms with van der Waals surface area (Å²) in [6.07, 6.45) is 1.90. The minimum Gasteiger partial charge on any atom is -0.464 e. The number of amides is 1. The van der Waals surface area contributed by atoms with E-state index in [4.69, 9.17) is 4.74 Å². The molecular formula is C20H27NO4. The molecule has 136 valence electrons. The first-order valence-electron chi connectivity index (χ1n) is 8.99. The molecule has 0 spiro atoms. The number of Topliss-reactive ketones (excluding diaryl/α,β-unsaturated/α-hetero) is 1. The largest absolute Gasteiger partial charge is 0.464 e. The van der Waals surface area contributed by atoms with Crippen molar-refractivity contribution < 1.29 is 19.1 Å². The van der Waals surface area contributed by atoms with Gasteiger partial charge in [0.25, 0.3) is 5.91 Å². The Bertz CT molecular complexity index is 669. The number of carbonyl (C=O) groups is 3. The van der Waals surface area contributed by atoms with Crippen molar-refractivity contribution in [2.75, 3.05) is 13.2 Å². The molecule has 0 fully saturated rings. The minimum absolute atomic E-state index is 0.0107. The Hall–Kier alpha value is -2.17. The number of hydrogen-bond donors (Lipinski definition) is 0. The van der Waals surface area contributed by atoms with Gasteiger partial charge in [0.1, 0.15) is 5.78 Å². The van der Waals surface area contributed by atoms with Crippen LogP contribution < -0.4 is 0 Å². The maximum absolute atomic E-state index is 13.1. The van der Waals surface area contributed by atoms with Crippen LogP contribution in [-0.2, 0) is 19.9 Å². The molecule has 0 radical (unpaired) electrons. The first-order valence-corrected chi connectivity index (χ1v) is 8.99. The first kappa shape index (κ1) is 19.2. The summed E-state index contributed by atoms with van der Waals surface area (Å²) in [6.45, 7) is 7.84. The van der Waals surface area contributed by atoms with Crippen LogP contribution in [0.2, 0.25) is 0 Å². The standard InChI is InChI=1S/C20H27NO4/c1-5-7-12-21-18(23)16-10-8-9-11-17(16)20(21,19(24)25-6-2)14(3)13-15(4)22/h8-11,14H,5-7,12-13H2,1-4H3. The molecule has 0 saturated carbocycles. The molecule has 1 aromatic carbocycles. The molecule has 0 bridgehead atoms. The molecule has 1 heterocycles. The highest BCUT2D eigenvalue weighted by molar-refractivity contribution is 6.06. The highest BCUT2D eigenvalue weighted by Crippen LogP contribution is 2.46. The molecule has 1 amide bonds. The first-order chi connectivity index (χ1) is 11.9. The fourth-order valence-electron chi connectivity index (χ4n) is 3.82. The van der Waals surface area contributed by atoms with Crippen LogP contribution in [0.25, 0.3) is 0 Å². The van der Waals surface area contributed by atoms with E-state index in [0.717, 1.165) is 12.8 Å². The van der Waals surface area contributed by atoms with E-state index in [1.165, 1.54) is 6.92 Å². The predicted molar refractivity (Wildman–Crippen MR) is 95.2 cm³/mol. The van der Waals surface area contributed by atoms with Crippen molar-refractivity contribution in [1.82, 2.24) is 4.90 Å². The lowest BCUT2D eigenvalue weighted by molar-refractivity contribution is -0.160. The highest BCUT2D eigenvalue weighted by atomic mass is 16.5. The number of ether oxygens (including phenoxy) is 1. The Morgan fingerprint density at radius 1 is 1.24 bits per heavy atom. The Balaban J connectivity index is 2.67. The zero-order valence-corrected chi connectivity index (χ0v) is 15.5. The molecule has 0 aliphatic carbocycles. The van der Waals surface area contributed by atoms with Gasteiger partial charge in [-0.25, -0.2) is 4.79 Å². The zero-order valence-electron chi connectivity index (χ0n) is 15.5. The quantitative estimate of drug-likeness (QED) is 0.678. The van der Waals surface area contributed by atoms with Crippen molar-refractivity contribution in [2.24, 2.45) is 5.92 Å². The number of hydrogen-bond acceptors (Lipinski definition) is 4. The summed E-state index contributed by atoms with van der Waals surface area (Å²) >= 11 is 0. The van der Waals surface area contributed by atoms with Crippen molar-refractivity contribution in [3.05, 3.63) is 35.4 Å². The van der Waals surface area contributed by atoms with Crippen LogP contribution >= 0.6 is 0 Å². The number of rotatable bonds is 8. The van der Waals surface area contributed by atoms with Gasteiger partial charge in [-0.1, -0.05) is 38.5 Å². The maximum Gasteiger partial charge on any atom is 0.337 e. The predicted octanol–water partition coefficient (Wildman–Crippen LogP) is 3.32. The van der Waals surface area contributed by atoms with Gasteiger partial charge in [-0.2, -0.15) is 0 Å². The summed E-state index contributed by atoms with van der Waals surface area (Å²) in [6, 6.07) is 7.18. The van der Waals surface area contributed by atoms with E-state index in [1.807, 2.05) is 26.0 Å². The lowest BCUT2D eigenvalue weighted by atomic mass is 9.76. The Morgan fingerprint density at radius 3 is 2.52 bits per heavy atom. The maximum atomic E-state index is 13.1. The van der Waals surface area contributed by atoms with Gasteiger partial charge in [-0.05, 0) is 26.3 Å². The number of fused-ring (bicyclic) bond motifs is 1. The van der Waals surface area contributed by atoms with Crippen LogP contribution in [0.4, 0.5) is 0 Å². The third-order valence-corrected chi connectivity index (χ3v) is 4.87. The monoisotopic (exact) mass is 345 g/mol.